The highest BCUT2D eigenvalue weighted by Crippen LogP contribution is 2.08. The fraction of sp³-hybridized carbons (Fsp3) is 0.385. The number of sulfonamides is 1. The first kappa shape index (κ1) is 15.6. The maximum absolute atomic E-state index is 12.0. The van der Waals surface area contributed by atoms with Gasteiger partial charge in [-0.25, -0.2) is 13.1 Å². The molecule has 2 N–H and O–H groups in total. The molecule has 0 aliphatic heterocycles. The Bertz CT molecular complexity index is 680. The van der Waals surface area contributed by atoms with Crippen LogP contribution < -0.4 is 4.72 Å². The number of aromatic nitrogens is 3. The first-order valence-electron chi connectivity index (χ1n) is 6.56. The third-order valence-electron chi connectivity index (χ3n) is 3.05. The van der Waals surface area contributed by atoms with E-state index in [1.165, 1.54) is 0 Å². The number of aliphatic hydroxyl groups excluding tert-OH is 1. The highest BCUT2D eigenvalue weighted by molar-refractivity contribution is 7.88. The molecule has 0 unspecified atom stereocenters. The topological polar surface area (TPSA) is 97.1 Å². The molecular weight excluding hydrogens is 292 g/mol. The number of benzene rings is 1. The van der Waals surface area contributed by atoms with Gasteiger partial charge in [-0.3, -0.25) is 0 Å². The van der Waals surface area contributed by atoms with Crippen LogP contribution in [0, 0.1) is 0 Å². The van der Waals surface area contributed by atoms with E-state index in [2.05, 4.69) is 14.9 Å². The van der Waals surface area contributed by atoms with Crippen molar-refractivity contribution >= 4 is 10.0 Å². The van der Waals surface area contributed by atoms with Gasteiger partial charge in [0.15, 0.2) is 0 Å². The average molecular weight is 310 g/mol. The van der Waals surface area contributed by atoms with Crippen molar-refractivity contribution in [2.75, 3.05) is 0 Å². The lowest BCUT2D eigenvalue weighted by atomic mass is 10.2. The second-order valence-electron chi connectivity index (χ2n) is 4.59. The predicted molar refractivity (Wildman–Crippen MR) is 77.5 cm³/mol. The zero-order chi connectivity index (χ0) is 15.3. The molecule has 0 saturated carbocycles. The zero-order valence-electron chi connectivity index (χ0n) is 11.7. The Hall–Kier alpha value is -1.77. The fourth-order valence-electron chi connectivity index (χ4n) is 1.87. The van der Waals surface area contributed by atoms with E-state index in [4.69, 9.17) is 5.11 Å². The van der Waals surface area contributed by atoms with Gasteiger partial charge in [-0.15, -0.1) is 10.2 Å². The molecule has 0 aliphatic carbocycles. The second-order valence-corrected chi connectivity index (χ2v) is 6.39. The highest BCUT2D eigenvalue weighted by Gasteiger charge is 2.13. The average Bonchev–Trinajstić information content (AvgIpc) is 2.93. The Balaban J connectivity index is 1.98. The van der Waals surface area contributed by atoms with Crippen LogP contribution in [0.5, 0.6) is 0 Å². The van der Waals surface area contributed by atoms with E-state index < -0.39 is 10.0 Å². The van der Waals surface area contributed by atoms with Gasteiger partial charge in [0.05, 0.1) is 18.9 Å². The Kier molecular flexibility index (Phi) is 5.05. The second kappa shape index (κ2) is 6.79. The molecule has 0 radical (unpaired) electrons. The summed E-state index contributed by atoms with van der Waals surface area (Å²) in [5.41, 5.74) is 1.41. The van der Waals surface area contributed by atoms with Gasteiger partial charge < -0.3 is 9.67 Å². The van der Waals surface area contributed by atoms with Crippen LogP contribution in [-0.4, -0.2) is 28.3 Å². The molecule has 8 heteroatoms. The number of rotatable bonds is 7. The van der Waals surface area contributed by atoms with Crippen molar-refractivity contribution in [1.82, 2.24) is 19.5 Å². The van der Waals surface area contributed by atoms with Crippen LogP contribution in [0.1, 0.15) is 23.9 Å². The number of aliphatic hydroxyl groups is 1. The minimum atomic E-state index is -3.45. The van der Waals surface area contributed by atoms with Crippen molar-refractivity contribution in [3.05, 3.63) is 47.5 Å². The molecule has 21 heavy (non-hydrogen) atoms. The summed E-state index contributed by atoms with van der Waals surface area (Å²) in [4.78, 5) is 0. The summed E-state index contributed by atoms with van der Waals surface area (Å²) in [5, 5.41) is 16.6. The lowest BCUT2D eigenvalue weighted by Crippen LogP contribution is -2.26. The van der Waals surface area contributed by atoms with Crippen molar-refractivity contribution in [3.63, 3.8) is 0 Å². The van der Waals surface area contributed by atoms with E-state index in [9.17, 15) is 8.42 Å². The molecule has 0 saturated heterocycles. The number of aryl methyl sites for hydroxylation is 1. The molecule has 0 fully saturated rings. The predicted octanol–water partition coefficient (Wildman–Crippen LogP) is 0.410. The number of hydrogen-bond donors (Lipinski definition) is 2. The van der Waals surface area contributed by atoms with Crippen molar-refractivity contribution in [2.24, 2.45) is 0 Å². The van der Waals surface area contributed by atoms with E-state index in [-0.39, 0.29) is 18.9 Å². The summed E-state index contributed by atoms with van der Waals surface area (Å²) in [7, 11) is -3.45. The maximum Gasteiger partial charge on any atom is 0.216 e. The summed E-state index contributed by atoms with van der Waals surface area (Å²) in [5.74, 6) is 0.468. The smallest absolute Gasteiger partial charge is 0.216 e. The molecule has 7 nitrogen and oxygen atoms in total. The molecule has 114 valence electrons. The highest BCUT2D eigenvalue weighted by atomic mass is 32.2. The third kappa shape index (κ3) is 4.35. The first-order chi connectivity index (χ1) is 10.0. The monoisotopic (exact) mass is 310 g/mol. The lowest BCUT2D eigenvalue weighted by molar-refractivity contribution is 0.282. The molecule has 0 aliphatic rings. The molecule has 0 atom stereocenters. The number of nitrogens with zero attached hydrogens (tertiary/aromatic N) is 3. The first-order valence-corrected chi connectivity index (χ1v) is 8.22. The summed E-state index contributed by atoms with van der Waals surface area (Å²) < 4.78 is 28.4. The SMILES string of the molecule is CCn1cnnc1CNS(=O)(=O)Cc1ccc(CO)cc1. The molecule has 0 amide bonds. The summed E-state index contributed by atoms with van der Waals surface area (Å²) >= 11 is 0. The van der Waals surface area contributed by atoms with Gasteiger partial charge in [0.25, 0.3) is 0 Å². The van der Waals surface area contributed by atoms with Crippen molar-refractivity contribution in [3.8, 4) is 0 Å². The molecule has 1 heterocycles. The van der Waals surface area contributed by atoms with E-state index >= 15 is 0 Å². The van der Waals surface area contributed by atoms with Crippen LogP contribution in [0.3, 0.4) is 0 Å². The zero-order valence-corrected chi connectivity index (χ0v) is 12.5. The van der Waals surface area contributed by atoms with Gasteiger partial charge in [0.1, 0.15) is 12.2 Å². The van der Waals surface area contributed by atoms with Crippen molar-refractivity contribution < 1.29 is 13.5 Å². The molecule has 1 aromatic heterocycles. The van der Waals surface area contributed by atoms with Crippen LogP contribution in [0.25, 0.3) is 0 Å². The van der Waals surface area contributed by atoms with Crippen LogP contribution >= 0.6 is 0 Å². The quantitative estimate of drug-likeness (QED) is 0.772. The standard InChI is InChI=1S/C13H18N4O3S/c1-2-17-10-14-16-13(17)7-15-21(19,20)9-12-5-3-11(8-18)4-6-12/h3-6,10,15,18H,2,7-9H2,1H3. The fourth-order valence-corrected chi connectivity index (χ4v) is 2.95. The van der Waals surface area contributed by atoms with Gasteiger partial charge in [0, 0.05) is 6.54 Å². The van der Waals surface area contributed by atoms with Gasteiger partial charge in [-0.05, 0) is 18.1 Å². The van der Waals surface area contributed by atoms with Crippen LogP contribution in [0.2, 0.25) is 0 Å². The number of hydrogen-bond acceptors (Lipinski definition) is 5. The molecule has 2 rings (SSSR count). The lowest BCUT2D eigenvalue weighted by Gasteiger charge is -2.07. The normalized spacial score (nSPS) is 11.7. The van der Waals surface area contributed by atoms with Gasteiger partial charge in [0.2, 0.25) is 10.0 Å². The van der Waals surface area contributed by atoms with Crippen molar-refractivity contribution in [2.45, 2.75) is 32.4 Å². The van der Waals surface area contributed by atoms with Crippen LogP contribution in [0.15, 0.2) is 30.6 Å². The van der Waals surface area contributed by atoms with Gasteiger partial charge >= 0.3 is 0 Å². The minimum absolute atomic E-state index is 0.0576. The largest absolute Gasteiger partial charge is 0.392 e. The summed E-state index contributed by atoms with van der Waals surface area (Å²) in [6.07, 6.45) is 1.57. The Morgan fingerprint density at radius 2 is 1.90 bits per heavy atom. The van der Waals surface area contributed by atoms with E-state index in [0.717, 1.165) is 5.56 Å². The summed E-state index contributed by atoms with van der Waals surface area (Å²) in [6.45, 7) is 2.68. The van der Waals surface area contributed by atoms with Crippen molar-refractivity contribution in [1.29, 1.82) is 0 Å². The minimum Gasteiger partial charge on any atom is -0.392 e. The summed E-state index contributed by atoms with van der Waals surface area (Å²) in [6, 6.07) is 6.80. The van der Waals surface area contributed by atoms with E-state index in [1.54, 1.807) is 35.2 Å². The van der Waals surface area contributed by atoms with Crippen LogP contribution in [0.4, 0.5) is 0 Å². The number of nitrogens with one attached hydrogen (secondary N) is 1. The Labute approximate surface area is 123 Å². The third-order valence-corrected chi connectivity index (χ3v) is 4.35. The molecule has 1 aromatic carbocycles. The molecule has 0 bridgehead atoms. The molecular formula is C13H18N4O3S. The maximum atomic E-state index is 12.0. The van der Waals surface area contributed by atoms with E-state index in [0.29, 0.717) is 17.9 Å². The Morgan fingerprint density at radius 1 is 1.24 bits per heavy atom. The van der Waals surface area contributed by atoms with Gasteiger partial charge in [-0.2, -0.15) is 0 Å². The molecule has 2 aromatic rings. The van der Waals surface area contributed by atoms with E-state index in [1.807, 2.05) is 6.92 Å². The van der Waals surface area contributed by atoms with Crippen LogP contribution in [-0.2, 0) is 35.5 Å². The molecule has 0 spiro atoms. The van der Waals surface area contributed by atoms with Gasteiger partial charge in [-0.1, -0.05) is 24.3 Å². The Morgan fingerprint density at radius 3 is 2.52 bits per heavy atom.